The summed E-state index contributed by atoms with van der Waals surface area (Å²) in [5, 5.41) is 0. The second-order valence-electron chi connectivity index (χ2n) is 8.03. The molecule has 0 radical (unpaired) electrons. The zero-order valence-electron chi connectivity index (χ0n) is 20.9. The maximum absolute atomic E-state index is 11.8. The van der Waals surface area contributed by atoms with Crippen molar-refractivity contribution in [1.82, 2.24) is 0 Å². The first-order valence-corrected chi connectivity index (χ1v) is 12.3. The first-order valence-electron chi connectivity index (χ1n) is 12.3. The van der Waals surface area contributed by atoms with Crippen LogP contribution in [-0.4, -0.2) is 49.0 Å². The molecule has 10 nitrogen and oxygen atoms in total. The van der Waals surface area contributed by atoms with Gasteiger partial charge in [0.25, 0.3) is 0 Å². The number of esters is 6. The van der Waals surface area contributed by atoms with Crippen LogP contribution < -0.4 is 0 Å². The van der Waals surface area contributed by atoms with Crippen LogP contribution in [0.3, 0.4) is 0 Å². The van der Waals surface area contributed by atoms with Crippen LogP contribution in [0.1, 0.15) is 97.3 Å². The summed E-state index contributed by atoms with van der Waals surface area (Å²) in [6.07, 6.45) is 10.6. The Balaban J connectivity index is 4.13. The molecule has 0 amide bonds. The van der Waals surface area contributed by atoms with E-state index in [9.17, 15) is 28.8 Å². The fraction of sp³-hybridized carbons (Fsp3) is 0.680. The van der Waals surface area contributed by atoms with Gasteiger partial charge in [-0.25, -0.2) is 24.0 Å². The summed E-state index contributed by atoms with van der Waals surface area (Å²) in [4.78, 5) is 69.9. The predicted molar refractivity (Wildman–Crippen MR) is 125 cm³/mol. The Labute approximate surface area is 206 Å². The molecule has 10 heteroatoms. The molecular weight excluding hydrogens is 460 g/mol. The minimum atomic E-state index is -1.55. The van der Waals surface area contributed by atoms with Crippen molar-refractivity contribution < 1.29 is 47.7 Å². The number of carbonyl (C=O) groups is 6. The fourth-order valence-electron chi connectivity index (χ4n) is 2.84. The van der Waals surface area contributed by atoms with Crippen LogP contribution in [0.2, 0.25) is 0 Å². The monoisotopic (exact) mass is 498 g/mol. The van der Waals surface area contributed by atoms with Crippen LogP contribution in [-0.2, 0) is 47.7 Å². The van der Waals surface area contributed by atoms with E-state index in [-0.39, 0.29) is 13.2 Å². The Morgan fingerprint density at radius 3 is 1.37 bits per heavy atom. The van der Waals surface area contributed by atoms with Crippen molar-refractivity contribution in [1.29, 1.82) is 0 Å². The minimum absolute atomic E-state index is 0.0125. The van der Waals surface area contributed by atoms with Crippen LogP contribution >= 0.6 is 0 Å². The second-order valence-corrected chi connectivity index (χ2v) is 8.03. The van der Waals surface area contributed by atoms with E-state index in [4.69, 9.17) is 9.47 Å². The molecule has 0 heterocycles. The first-order chi connectivity index (χ1) is 16.7. The summed E-state index contributed by atoms with van der Waals surface area (Å²) < 4.78 is 18.1. The molecule has 0 aliphatic carbocycles. The molecule has 0 bridgehead atoms. The molecule has 0 fully saturated rings. The van der Waals surface area contributed by atoms with Gasteiger partial charge in [0.2, 0.25) is 0 Å². The van der Waals surface area contributed by atoms with Gasteiger partial charge in [-0.1, -0.05) is 84.6 Å². The number of rotatable bonds is 17. The van der Waals surface area contributed by atoms with E-state index in [2.05, 4.69) is 29.9 Å². The van der Waals surface area contributed by atoms with Gasteiger partial charge in [-0.15, -0.1) is 0 Å². The third-order valence-corrected chi connectivity index (χ3v) is 4.83. The molecular formula is C25H38O10. The van der Waals surface area contributed by atoms with Crippen LogP contribution in [0.5, 0.6) is 0 Å². The zero-order valence-corrected chi connectivity index (χ0v) is 20.9. The predicted octanol–water partition coefficient (Wildman–Crippen LogP) is 3.88. The van der Waals surface area contributed by atoms with Crippen molar-refractivity contribution in [2.45, 2.75) is 97.3 Å². The van der Waals surface area contributed by atoms with Crippen molar-refractivity contribution in [3.05, 3.63) is 12.2 Å². The maximum atomic E-state index is 11.8. The lowest BCUT2D eigenvalue weighted by Gasteiger charge is -2.07. The zero-order chi connectivity index (χ0) is 26.5. The Bertz CT molecular complexity index is 726. The van der Waals surface area contributed by atoms with E-state index in [1.54, 1.807) is 0 Å². The molecule has 0 N–H and O–H groups in total. The van der Waals surface area contributed by atoms with Gasteiger partial charge >= 0.3 is 35.8 Å². The molecule has 0 aromatic carbocycles. The highest BCUT2D eigenvalue weighted by Gasteiger charge is 2.26. The number of ether oxygens (including phenoxy) is 4. The van der Waals surface area contributed by atoms with Crippen LogP contribution in [0.15, 0.2) is 12.2 Å². The fourth-order valence-corrected chi connectivity index (χ4v) is 2.84. The van der Waals surface area contributed by atoms with Crippen molar-refractivity contribution >= 4 is 35.8 Å². The summed E-state index contributed by atoms with van der Waals surface area (Å²) >= 11 is 0. The Morgan fingerprint density at radius 2 is 0.914 bits per heavy atom. The molecule has 0 spiro atoms. The van der Waals surface area contributed by atoms with E-state index in [1.807, 2.05) is 0 Å². The number of hydrogen-bond donors (Lipinski definition) is 0. The molecule has 35 heavy (non-hydrogen) atoms. The molecule has 0 aliphatic heterocycles. The molecule has 0 saturated carbocycles. The number of unbranched alkanes of at least 4 members (excludes halogenated alkanes) is 10. The minimum Gasteiger partial charge on any atom is -0.457 e. The van der Waals surface area contributed by atoms with Crippen LogP contribution in [0, 0.1) is 0 Å². The molecule has 0 unspecified atom stereocenters. The largest absolute Gasteiger partial charge is 0.457 e. The van der Waals surface area contributed by atoms with Crippen molar-refractivity contribution in [3.8, 4) is 0 Å². The summed E-state index contributed by atoms with van der Waals surface area (Å²) in [7, 11) is 0. The number of carbonyl (C=O) groups excluding carboxylic acids is 6. The highest BCUT2D eigenvalue weighted by atomic mass is 16.6. The topological polar surface area (TPSA) is 139 Å². The molecule has 0 aromatic rings. The molecule has 0 atom stereocenters. The van der Waals surface area contributed by atoms with Gasteiger partial charge in [0.1, 0.15) is 0 Å². The maximum Gasteiger partial charge on any atom is 0.425 e. The van der Waals surface area contributed by atoms with Gasteiger partial charge in [-0.3, -0.25) is 4.79 Å². The molecule has 198 valence electrons. The number of hydrogen-bond acceptors (Lipinski definition) is 10. The van der Waals surface area contributed by atoms with Gasteiger partial charge in [0.15, 0.2) is 0 Å². The van der Waals surface area contributed by atoms with Gasteiger partial charge in [0.05, 0.1) is 19.6 Å². The highest BCUT2D eigenvalue weighted by molar-refractivity contribution is 6.32. The summed E-state index contributed by atoms with van der Waals surface area (Å²) in [6, 6.07) is 0. The van der Waals surface area contributed by atoms with Gasteiger partial charge < -0.3 is 18.9 Å². The van der Waals surface area contributed by atoms with Gasteiger partial charge in [-0.2, -0.15) is 0 Å². The normalized spacial score (nSPS) is 10.2. The smallest absolute Gasteiger partial charge is 0.425 e. The molecule has 0 rings (SSSR count). The highest BCUT2D eigenvalue weighted by Crippen LogP contribution is 2.07. The first kappa shape index (κ1) is 32.0. The average Bonchev–Trinajstić information content (AvgIpc) is 2.82. The SMILES string of the molecule is C=C(CC(=O)OC(=O)C(=O)OCCCCCCCC)C(=O)OC(=O)C(=O)OCCCCCCCC. The lowest BCUT2D eigenvalue weighted by Crippen LogP contribution is -2.26. The third-order valence-electron chi connectivity index (χ3n) is 4.83. The Kier molecular flexibility index (Phi) is 18.6. The second kappa shape index (κ2) is 20.3. The van der Waals surface area contributed by atoms with Crippen LogP contribution in [0.25, 0.3) is 0 Å². The lowest BCUT2D eigenvalue weighted by atomic mass is 10.1. The average molecular weight is 499 g/mol. The van der Waals surface area contributed by atoms with Crippen molar-refractivity contribution in [2.24, 2.45) is 0 Å². The van der Waals surface area contributed by atoms with Crippen molar-refractivity contribution in [2.75, 3.05) is 13.2 Å². The van der Waals surface area contributed by atoms with E-state index in [0.717, 1.165) is 64.2 Å². The summed E-state index contributed by atoms with van der Waals surface area (Å²) in [5.74, 6) is -8.39. The molecule has 0 aromatic heterocycles. The third kappa shape index (κ3) is 17.1. The van der Waals surface area contributed by atoms with E-state index in [1.165, 1.54) is 0 Å². The lowest BCUT2D eigenvalue weighted by molar-refractivity contribution is -0.174. The van der Waals surface area contributed by atoms with Crippen LogP contribution in [0.4, 0.5) is 0 Å². The van der Waals surface area contributed by atoms with Gasteiger partial charge in [0, 0.05) is 5.57 Å². The molecule has 0 aliphatic rings. The van der Waals surface area contributed by atoms with Gasteiger partial charge in [-0.05, 0) is 12.8 Å². The Morgan fingerprint density at radius 1 is 0.514 bits per heavy atom. The summed E-state index contributed by atoms with van der Waals surface area (Å²) in [5.41, 5.74) is -0.555. The Hall–Kier alpha value is -3.04. The van der Waals surface area contributed by atoms with E-state index in [0.29, 0.717) is 12.8 Å². The standard InChI is InChI=1S/C25H38O10/c1-4-6-8-10-12-14-16-32-22(28)24(30)34-20(26)18-19(3)21(27)35-25(31)23(29)33-17-15-13-11-9-7-5-2/h3-18H2,1-2H3. The quantitative estimate of drug-likeness (QED) is 0.0724. The van der Waals surface area contributed by atoms with Crippen molar-refractivity contribution in [3.63, 3.8) is 0 Å². The summed E-state index contributed by atoms with van der Waals surface area (Å²) in [6.45, 7) is 7.48. The van der Waals surface area contributed by atoms with E-state index >= 15 is 0 Å². The molecule has 0 saturated heterocycles. The van der Waals surface area contributed by atoms with E-state index < -0.39 is 47.8 Å².